The number of rotatable bonds is 6. The molecule has 9 heteroatoms. The lowest BCUT2D eigenvalue weighted by Crippen LogP contribution is -2.45. The molecule has 2 fully saturated rings. The normalized spacial score (nSPS) is 21.8. The molecule has 0 amide bonds. The molecular formula is C27H38N8O. The summed E-state index contributed by atoms with van der Waals surface area (Å²) < 4.78 is 5.46. The smallest absolute Gasteiger partial charge is 0.223 e. The van der Waals surface area contributed by atoms with E-state index in [1.54, 1.807) is 0 Å². The van der Waals surface area contributed by atoms with Crippen molar-refractivity contribution in [1.29, 1.82) is 5.41 Å². The number of fused-ring (bicyclic) bond motifs is 1. The van der Waals surface area contributed by atoms with Crippen LogP contribution in [-0.4, -0.2) is 79.6 Å². The van der Waals surface area contributed by atoms with E-state index in [0.717, 1.165) is 88.0 Å². The van der Waals surface area contributed by atoms with E-state index >= 15 is 0 Å². The number of nitrogens with zero attached hydrogens (tertiary/aromatic N) is 5. The van der Waals surface area contributed by atoms with Crippen molar-refractivity contribution in [2.45, 2.75) is 44.8 Å². The fourth-order valence-electron chi connectivity index (χ4n) is 5.29. The highest BCUT2D eigenvalue weighted by atomic mass is 16.5. The molecule has 1 unspecified atom stereocenters. The van der Waals surface area contributed by atoms with Crippen molar-refractivity contribution in [3.63, 3.8) is 0 Å². The van der Waals surface area contributed by atoms with Crippen molar-refractivity contribution in [3.05, 3.63) is 47.2 Å². The van der Waals surface area contributed by atoms with Gasteiger partial charge < -0.3 is 35.9 Å². The Morgan fingerprint density at radius 1 is 1.08 bits per heavy atom. The van der Waals surface area contributed by atoms with Gasteiger partial charge in [-0.15, -0.1) is 0 Å². The summed E-state index contributed by atoms with van der Waals surface area (Å²) in [7, 11) is 2.15. The van der Waals surface area contributed by atoms with Gasteiger partial charge in [-0.25, -0.2) is 0 Å². The Morgan fingerprint density at radius 3 is 2.58 bits per heavy atom. The number of aromatic nitrogens is 2. The van der Waals surface area contributed by atoms with Crippen LogP contribution in [0.5, 0.6) is 0 Å². The number of hydrogen-bond donors (Lipinski definition) is 3. The number of ether oxygens (including phenoxy) is 1. The minimum absolute atomic E-state index is 0.297. The highest BCUT2D eigenvalue weighted by molar-refractivity contribution is 6.08. The number of nitrogen functional groups attached to an aromatic ring is 1. The number of benzene rings is 1. The zero-order chi connectivity index (χ0) is 25.1. The summed E-state index contributed by atoms with van der Waals surface area (Å²) in [4.78, 5) is 16.2. The Labute approximate surface area is 213 Å². The van der Waals surface area contributed by atoms with Gasteiger partial charge in [0.15, 0.2) is 0 Å². The lowest BCUT2D eigenvalue weighted by Gasteiger charge is -2.37. The first-order valence-electron chi connectivity index (χ1n) is 13.0. The topological polar surface area (TPSA) is 107 Å². The van der Waals surface area contributed by atoms with E-state index in [9.17, 15) is 0 Å². The number of hydrogen-bond acceptors (Lipinski definition) is 9. The standard InChI is InChI=1S/C27H38N8O/c1-19-13-20-3-4-21(23(16-28)17-30-24-5-11-36-12-6-24)14-22(20)18-35(19)26-15-25(31-27(29)32-26)34-9-7-33(2)8-10-34/h3-4,14-17,19,24,28,30H,5-13,18H2,1-2H3,(H2,29,31,32)/b23-17+,28-16?. The number of nitrogens with two attached hydrogens (primary N) is 1. The van der Waals surface area contributed by atoms with E-state index in [4.69, 9.17) is 15.9 Å². The van der Waals surface area contributed by atoms with Gasteiger partial charge in [-0.05, 0) is 56.0 Å². The van der Waals surface area contributed by atoms with Crippen LogP contribution in [0.15, 0.2) is 30.5 Å². The van der Waals surface area contributed by atoms with Gasteiger partial charge in [0.25, 0.3) is 0 Å². The Morgan fingerprint density at radius 2 is 1.83 bits per heavy atom. The molecule has 0 radical (unpaired) electrons. The van der Waals surface area contributed by atoms with Crippen LogP contribution in [0.3, 0.4) is 0 Å². The average Bonchev–Trinajstić information content (AvgIpc) is 2.89. The second-order valence-electron chi connectivity index (χ2n) is 10.2. The maximum Gasteiger partial charge on any atom is 0.223 e. The van der Waals surface area contributed by atoms with Gasteiger partial charge in [-0.2, -0.15) is 9.97 Å². The third-order valence-corrected chi connectivity index (χ3v) is 7.62. The summed E-state index contributed by atoms with van der Waals surface area (Å²) in [6.07, 6.45) is 6.35. The predicted octanol–water partition coefficient (Wildman–Crippen LogP) is 2.52. The summed E-state index contributed by atoms with van der Waals surface area (Å²) in [6.45, 7) is 8.49. The van der Waals surface area contributed by atoms with E-state index in [1.807, 2.05) is 6.20 Å². The van der Waals surface area contributed by atoms with Crippen LogP contribution in [0.1, 0.15) is 36.5 Å². The molecule has 1 aromatic carbocycles. The molecule has 0 spiro atoms. The number of likely N-dealkylation sites (N-methyl/N-ethyl adjacent to an activating group) is 1. The Hall–Kier alpha value is -3.17. The number of allylic oxidation sites excluding steroid dienone is 1. The zero-order valence-electron chi connectivity index (χ0n) is 21.4. The molecule has 0 aliphatic carbocycles. The zero-order valence-corrected chi connectivity index (χ0v) is 21.4. The average molecular weight is 491 g/mol. The van der Waals surface area contributed by atoms with Crippen molar-refractivity contribution >= 4 is 29.4 Å². The largest absolute Gasteiger partial charge is 0.387 e. The van der Waals surface area contributed by atoms with Crippen LogP contribution < -0.4 is 20.9 Å². The number of anilines is 3. The first-order valence-corrected chi connectivity index (χ1v) is 13.0. The minimum Gasteiger partial charge on any atom is -0.387 e. The van der Waals surface area contributed by atoms with Crippen LogP contribution in [0.25, 0.3) is 5.57 Å². The first kappa shape index (κ1) is 24.5. The minimum atomic E-state index is 0.297. The number of piperazine rings is 1. The predicted molar refractivity (Wildman–Crippen MR) is 146 cm³/mol. The summed E-state index contributed by atoms with van der Waals surface area (Å²) in [5.41, 5.74) is 10.7. The molecule has 4 N–H and O–H groups in total. The van der Waals surface area contributed by atoms with Crippen molar-refractivity contribution in [2.24, 2.45) is 0 Å². The first-order chi connectivity index (χ1) is 17.5. The van der Waals surface area contributed by atoms with Crippen molar-refractivity contribution in [3.8, 4) is 0 Å². The van der Waals surface area contributed by atoms with Crippen LogP contribution in [0.2, 0.25) is 0 Å². The van der Waals surface area contributed by atoms with Gasteiger partial charge in [-0.1, -0.05) is 12.1 Å². The molecule has 36 heavy (non-hydrogen) atoms. The van der Waals surface area contributed by atoms with E-state index in [1.165, 1.54) is 17.3 Å². The molecule has 3 aliphatic heterocycles. The van der Waals surface area contributed by atoms with E-state index in [0.29, 0.717) is 18.0 Å². The van der Waals surface area contributed by atoms with Crippen molar-refractivity contribution in [2.75, 3.05) is 62.0 Å². The fourth-order valence-corrected chi connectivity index (χ4v) is 5.29. The van der Waals surface area contributed by atoms with Gasteiger partial charge >= 0.3 is 0 Å². The maximum atomic E-state index is 8.01. The van der Waals surface area contributed by atoms with Gasteiger partial charge in [0, 0.05) is 82.1 Å². The Balaban J connectivity index is 1.36. The Kier molecular flexibility index (Phi) is 7.38. The van der Waals surface area contributed by atoms with Crippen LogP contribution in [-0.2, 0) is 17.7 Å². The lowest BCUT2D eigenvalue weighted by atomic mass is 9.91. The molecule has 9 nitrogen and oxygen atoms in total. The van der Waals surface area contributed by atoms with Crippen LogP contribution in [0, 0.1) is 5.41 Å². The molecule has 1 atom stereocenters. The maximum absolute atomic E-state index is 8.01. The SMILES string of the molecule is CC1Cc2ccc(/C(C=N)=C/NC3CCOCC3)cc2CN1c1cc(N2CCN(C)CC2)nc(N)n1. The second-order valence-corrected chi connectivity index (χ2v) is 10.2. The monoisotopic (exact) mass is 490 g/mol. The summed E-state index contributed by atoms with van der Waals surface area (Å²) in [6, 6.07) is 9.37. The third-order valence-electron chi connectivity index (χ3n) is 7.62. The van der Waals surface area contributed by atoms with Crippen molar-refractivity contribution < 1.29 is 4.74 Å². The van der Waals surface area contributed by atoms with E-state index in [2.05, 4.69) is 68.2 Å². The molecule has 1 aromatic heterocycles. The van der Waals surface area contributed by atoms with Gasteiger partial charge in [0.1, 0.15) is 11.6 Å². The third kappa shape index (κ3) is 5.47. The molecule has 0 bridgehead atoms. The highest BCUT2D eigenvalue weighted by Crippen LogP contribution is 2.31. The quantitative estimate of drug-likeness (QED) is 0.531. The molecule has 192 valence electrons. The van der Waals surface area contributed by atoms with Gasteiger partial charge in [0.2, 0.25) is 5.95 Å². The molecule has 5 rings (SSSR count). The molecular weight excluding hydrogens is 452 g/mol. The van der Waals surface area contributed by atoms with Gasteiger partial charge in [-0.3, -0.25) is 0 Å². The number of nitrogens with one attached hydrogen (secondary N) is 2. The van der Waals surface area contributed by atoms with Gasteiger partial charge in [0.05, 0.1) is 0 Å². The lowest BCUT2D eigenvalue weighted by molar-refractivity contribution is 0.0812. The summed E-state index contributed by atoms with van der Waals surface area (Å²) in [5, 5.41) is 11.5. The molecule has 2 aromatic rings. The van der Waals surface area contributed by atoms with Crippen LogP contribution >= 0.6 is 0 Å². The molecule has 3 aliphatic rings. The van der Waals surface area contributed by atoms with Crippen molar-refractivity contribution in [1.82, 2.24) is 20.2 Å². The highest BCUT2D eigenvalue weighted by Gasteiger charge is 2.26. The van der Waals surface area contributed by atoms with E-state index in [-0.39, 0.29) is 0 Å². The van der Waals surface area contributed by atoms with Crippen LogP contribution in [0.4, 0.5) is 17.6 Å². The van der Waals surface area contributed by atoms with E-state index < -0.39 is 0 Å². The summed E-state index contributed by atoms with van der Waals surface area (Å²) in [5.74, 6) is 2.11. The summed E-state index contributed by atoms with van der Waals surface area (Å²) >= 11 is 0. The second kappa shape index (κ2) is 10.8. The Bertz CT molecular complexity index is 1100. The fraction of sp³-hybridized carbons (Fsp3) is 0.519. The molecule has 2 saturated heterocycles. The molecule has 0 saturated carbocycles. The molecule has 4 heterocycles.